The van der Waals surface area contributed by atoms with Gasteiger partial charge in [0, 0.05) is 25.5 Å². The van der Waals surface area contributed by atoms with E-state index in [1.807, 2.05) is 0 Å². The molecule has 2 N–H and O–H groups in total. The first kappa shape index (κ1) is 10.7. The zero-order valence-corrected chi connectivity index (χ0v) is 8.18. The standard InChI is InChI=1S/C9H15N3O2/c1-8(12-6-2-5-11-12)9(14)10-4-3-7-13/h2,5-6,8,13H,3-4,7H2,1H3,(H,10,14). The fourth-order valence-corrected chi connectivity index (χ4v) is 1.07. The zero-order valence-electron chi connectivity index (χ0n) is 8.18. The van der Waals surface area contributed by atoms with Gasteiger partial charge in [-0.15, -0.1) is 0 Å². The Morgan fingerprint density at radius 3 is 3.07 bits per heavy atom. The fraction of sp³-hybridized carbons (Fsp3) is 0.556. The van der Waals surface area contributed by atoms with Gasteiger partial charge in [-0.05, 0) is 19.4 Å². The van der Waals surface area contributed by atoms with Gasteiger partial charge in [0.15, 0.2) is 0 Å². The van der Waals surface area contributed by atoms with Crippen molar-refractivity contribution in [1.82, 2.24) is 15.1 Å². The van der Waals surface area contributed by atoms with Crippen molar-refractivity contribution >= 4 is 5.91 Å². The molecule has 1 atom stereocenters. The van der Waals surface area contributed by atoms with Gasteiger partial charge in [-0.3, -0.25) is 9.48 Å². The summed E-state index contributed by atoms with van der Waals surface area (Å²) < 4.78 is 1.59. The van der Waals surface area contributed by atoms with Crippen molar-refractivity contribution in [2.75, 3.05) is 13.2 Å². The van der Waals surface area contributed by atoms with E-state index in [9.17, 15) is 4.79 Å². The Kier molecular flexibility index (Phi) is 4.12. The Balaban J connectivity index is 2.37. The number of aliphatic hydroxyl groups is 1. The van der Waals surface area contributed by atoms with Gasteiger partial charge in [0.25, 0.3) is 0 Å². The van der Waals surface area contributed by atoms with Gasteiger partial charge in [0.1, 0.15) is 6.04 Å². The first-order chi connectivity index (χ1) is 6.75. The van der Waals surface area contributed by atoms with E-state index in [2.05, 4.69) is 10.4 Å². The highest BCUT2D eigenvalue weighted by molar-refractivity contribution is 5.79. The highest BCUT2D eigenvalue weighted by atomic mass is 16.3. The lowest BCUT2D eigenvalue weighted by Crippen LogP contribution is -2.32. The molecule has 0 spiro atoms. The molecule has 1 rings (SSSR count). The Labute approximate surface area is 82.7 Å². The van der Waals surface area contributed by atoms with Crippen LogP contribution in [0.2, 0.25) is 0 Å². The summed E-state index contributed by atoms with van der Waals surface area (Å²) in [4.78, 5) is 11.5. The zero-order chi connectivity index (χ0) is 10.4. The Hall–Kier alpha value is -1.36. The maximum Gasteiger partial charge on any atom is 0.244 e. The largest absolute Gasteiger partial charge is 0.396 e. The smallest absolute Gasteiger partial charge is 0.244 e. The van der Waals surface area contributed by atoms with Crippen LogP contribution in [0.4, 0.5) is 0 Å². The summed E-state index contributed by atoms with van der Waals surface area (Å²) in [5, 5.41) is 15.2. The van der Waals surface area contributed by atoms with Crippen molar-refractivity contribution in [1.29, 1.82) is 0 Å². The van der Waals surface area contributed by atoms with Crippen molar-refractivity contribution < 1.29 is 9.90 Å². The van der Waals surface area contributed by atoms with Crippen LogP contribution in [-0.2, 0) is 4.79 Å². The lowest BCUT2D eigenvalue weighted by Gasteiger charge is -2.11. The number of carbonyl (C=O) groups excluding carboxylic acids is 1. The van der Waals surface area contributed by atoms with Crippen LogP contribution in [0.5, 0.6) is 0 Å². The number of carbonyl (C=O) groups is 1. The molecule has 1 unspecified atom stereocenters. The predicted octanol–water partition coefficient (Wildman–Crippen LogP) is -0.0573. The molecule has 0 aliphatic carbocycles. The van der Waals surface area contributed by atoms with Crippen molar-refractivity contribution in [3.63, 3.8) is 0 Å². The van der Waals surface area contributed by atoms with Crippen LogP contribution in [0.3, 0.4) is 0 Å². The quantitative estimate of drug-likeness (QED) is 0.650. The van der Waals surface area contributed by atoms with E-state index in [4.69, 9.17) is 5.11 Å². The monoisotopic (exact) mass is 197 g/mol. The number of nitrogens with zero attached hydrogens (tertiary/aromatic N) is 2. The molecule has 1 aromatic heterocycles. The van der Waals surface area contributed by atoms with Gasteiger partial charge in [-0.2, -0.15) is 5.10 Å². The molecule has 0 aliphatic rings. The van der Waals surface area contributed by atoms with Gasteiger partial charge < -0.3 is 10.4 Å². The van der Waals surface area contributed by atoms with Gasteiger partial charge in [-0.1, -0.05) is 0 Å². The number of aliphatic hydroxyl groups excluding tert-OH is 1. The van der Waals surface area contributed by atoms with E-state index in [0.717, 1.165) is 0 Å². The number of aromatic nitrogens is 2. The van der Waals surface area contributed by atoms with Gasteiger partial charge >= 0.3 is 0 Å². The molecule has 78 valence electrons. The summed E-state index contributed by atoms with van der Waals surface area (Å²) in [5.41, 5.74) is 0. The first-order valence-corrected chi connectivity index (χ1v) is 4.63. The van der Waals surface area contributed by atoms with E-state index in [1.165, 1.54) is 0 Å². The number of hydrogen-bond donors (Lipinski definition) is 2. The van der Waals surface area contributed by atoms with Gasteiger partial charge in [-0.25, -0.2) is 0 Å². The number of rotatable bonds is 5. The summed E-state index contributed by atoms with van der Waals surface area (Å²) in [6.07, 6.45) is 3.96. The van der Waals surface area contributed by atoms with Gasteiger partial charge in [0.05, 0.1) is 0 Å². The van der Waals surface area contributed by atoms with Crippen molar-refractivity contribution in [2.45, 2.75) is 19.4 Å². The molecule has 0 saturated heterocycles. The highest BCUT2D eigenvalue weighted by Crippen LogP contribution is 2.02. The first-order valence-electron chi connectivity index (χ1n) is 4.63. The lowest BCUT2D eigenvalue weighted by molar-refractivity contribution is -0.124. The molecular weight excluding hydrogens is 182 g/mol. The van der Waals surface area contributed by atoms with Crippen LogP contribution < -0.4 is 5.32 Å². The summed E-state index contributed by atoms with van der Waals surface area (Å²) in [6.45, 7) is 2.37. The third-order valence-electron chi connectivity index (χ3n) is 1.94. The third-order valence-corrected chi connectivity index (χ3v) is 1.94. The third kappa shape index (κ3) is 2.85. The molecule has 0 fully saturated rings. The molecule has 1 amide bonds. The molecule has 1 heterocycles. The number of amides is 1. The average Bonchev–Trinajstić information content (AvgIpc) is 2.69. The molecule has 14 heavy (non-hydrogen) atoms. The Bertz CT molecular complexity index is 272. The highest BCUT2D eigenvalue weighted by Gasteiger charge is 2.13. The minimum absolute atomic E-state index is 0.0813. The van der Waals surface area contributed by atoms with E-state index in [0.29, 0.717) is 13.0 Å². The predicted molar refractivity (Wildman–Crippen MR) is 51.7 cm³/mol. The maximum atomic E-state index is 11.5. The molecule has 0 saturated carbocycles. The van der Waals surface area contributed by atoms with E-state index >= 15 is 0 Å². The van der Waals surface area contributed by atoms with Crippen LogP contribution in [0.25, 0.3) is 0 Å². The van der Waals surface area contributed by atoms with Crippen LogP contribution in [-0.4, -0.2) is 33.9 Å². The molecular formula is C9H15N3O2. The topological polar surface area (TPSA) is 67.2 Å². The number of nitrogens with one attached hydrogen (secondary N) is 1. The van der Waals surface area contributed by atoms with E-state index < -0.39 is 0 Å². The second-order valence-electron chi connectivity index (χ2n) is 3.03. The van der Waals surface area contributed by atoms with E-state index in [1.54, 1.807) is 30.1 Å². The van der Waals surface area contributed by atoms with Crippen molar-refractivity contribution in [3.8, 4) is 0 Å². The van der Waals surface area contributed by atoms with E-state index in [-0.39, 0.29) is 18.6 Å². The summed E-state index contributed by atoms with van der Waals surface area (Å²) in [7, 11) is 0. The fourth-order valence-electron chi connectivity index (χ4n) is 1.07. The van der Waals surface area contributed by atoms with Crippen LogP contribution >= 0.6 is 0 Å². The maximum absolute atomic E-state index is 11.5. The summed E-state index contributed by atoms with van der Waals surface area (Å²) in [6, 6.07) is 1.47. The molecule has 5 heteroatoms. The van der Waals surface area contributed by atoms with Crippen LogP contribution in [0.1, 0.15) is 19.4 Å². The molecule has 5 nitrogen and oxygen atoms in total. The molecule has 0 aromatic carbocycles. The second-order valence-corrected chi connectivity index (χ2v) is 3.03. The summed E-state index contributed by atoms with van der Waals surface area (Å²) in [5.74, 6) is -0.0813. The van der Waals surface area contributed by atoms with Crippen LogP contribution in [0, 0.1) is 0 Å². The Morgan fingerprint density at radius 1 is 1.71 bits per heavy atom. The number of hydrogen-bond acceptors (Lipinski definition) is 3. The Morgan fingerprint density at radius 2 is 2.50 bits per heavy atom. The SMILES string of the molecule is CC(C(=O)NCCCO)n1cccn1. The molecule has 0 bridgehead atoms. The molecule has 0 aliphatic heterocycles. The second kappa shape index (κ2) is 5.39. The van der Waals surface area contributed by atoms with Crippen molar-refractivity contribution in [2.24, 2.45) is 0 Å². The summed E-state index contributed by atoms with van der Waals surface area (Å²) >= 11 is 0. The normalized spacial score (nSPS) is 12.4. The molecule has 1 aromatic rings. The average molecular weight is 197 g/mol. The lowest BCUT2D eigenvalue weighted by atomic mass is 10.3. The van der Waals surface area contributed by atoms with Crippen LogP contribution in [0.15, 0.2) is 18.5 Å². The minimum atomic E-state index is -0.302. The minimum Gasteiger partial charge on any atom is -0.396 e. The molecule has 0 radical (unpaired) electrons. The van der Waals surface area contributed by atoms with Gasteiger partial charge in [0.2, 0.25) is 5.91 Å². The van der Waals surface area contributed by atoms with Crippen molar-refractivity contribution in [3.05, 3.63) is 18.5 Å².